The molecular weight excluding hydrogens is 314 g/mol. The number of carbonyl (C=O) groups is 2. The number of aromatic nitrogens is 2. The van der Waals surface area contributed by atoms with Gasteiger partial charge in [0.05, 0.1) is 0 Å². The number of benzene rings is 1. The van der Waals surface area contributed by atoms with Crippen molar-refractivity contribution in [2.24, 2.45) is 0 Å². The molecule has 0 fully saturated rings. The zero-order valence-electron chi connectivity index (χ0n) is 12.7. The Bertz CT molecular complexity index is 853. The third-order valence-corrected chi connectivity index (χ3v) is 2.97. The molecule has 0 aliphatic carbocycles. The lowest BCUT2D eigenvalue weighted by Gasteiger charge is -2.02. The first-order valence-electron chi connectivity index (χ1n) is 7.04. The van der Waals surface area contributed by atoms with E-state index < -0.39 is 18.5 Å². The van der Waals surface area contributed by atoms with Gasteiger partial charge in [0.25, 0.3) is 5.91 Å². The Morgan fingerprint density at radius 3 is 2.58 bits per heavy atom. The van der Waals surface area contributed by atoms with Crippen LogP contribution in [0.3, 0.4) is 0 Å². The normalized spacial score (nSPS) is 10.4. The minimum atomic E-state index is -0.728. The molecule has 1 aromatic carbocycles. The quantitative estimate of drug-likeness (QED) is 0.717. The first kappa shape index (κ1) is 15.5. The molecule has 0 unspecified atom stereocenters. The maximum absolute atomic E-state index is 11.8. The number of amides is 1. The van der Waals surface area contributed by atoms with Crippen molar-refractivity contribution in [3.63, 3.8) is 0 Å². The first-order valence-corrected chi connectivity index (χ1v) is 7.04. The highest BCUT2D eigenvalue weighted by molar-refractivity contribution is 5.93. The number of hydrogen-bond acceptors (Lipinski definition) is 7. The van der Waals surface area contributed by atoms with E-state index in [0.717, 1.165) is 5.56 Å². The Hall–Kier alpha value is -3.42. The molecule has 3 aromatic rings. The summed E-state index contributed by atoms with van der Waals surface area (Å²) in [5.41, 5.74) is 0.727. The van der Waals surface area contributed by atoms with Gasteiger partial charge in [-0.05, 0) is 31.2 Å². The number of nitrogens with zero attached hydrogens (tertiary/aromatic N) is 2. The number of anilines is 1. The van der Waals surface area contributed by atoms with Crippen LogP contribution in [0.4, 0.5) is 6.01 Å². The van der Waals surface area contributed by atoms with Crippen LogP contribution in [0, 0.1) is 6.92 Å². The van der Waals surface area contributed by atoms with Crippen molar-refractivity contribution in [3.05, 3.63) is 54.0 Å². The highest BCUT2D eigenvalue weighted by Gasteiger charge is 2.15. The third kappa shape index (κ3) is 3.67. The molecule has 2 aromatic heterocycles. The minimum absolute atomic E-state index is 0.0319. The Morgan fingerprint density at radius 1 is 1.08 bits per heavy atom. The summed E-state index contributed by atoms with van der Waals surface area (Å²) >= 11 is 0. The van der Waals surface area contributed by atoms with E-state index in [1.54, 1.807) is 25.1 Å². The molecule has 0 aliphatic heterocycles. The molecule has 0 spiro atoms. The van der Waals surface area contributed by atoms with Crippen LogP contribution in [0.2, 0.25) is 0 Å². The molecule has 1 amide bonds. The SMILES string of the molecule is Cc1ccc(C(=O)OCC(=O)Nc2nnc(-c3ccccc3)o2)o1. The number of aryl methyl sites for hydroxylation is 1. The predicted molar refractivity (Wildman–Crippen MR) is 82.1 cm³/mol. The number of hydrogen-bond donors (Lipinski definition) is 1. The molecule has 0 saturated heterocycles. The lowest BCUT2D eigenvalue weighted by molar-refractivity contribution is -0.119. The highest BCUT2D eigenvalue weighted by atomic mass is 16.5. The molecule has 8 nitrogen and oxygen atoms in total. The van der Waals surface area contributed by atoms with E-state index in [4.69, 9.17) is 13.6 Å². The Morgan fingerprint density at radius 2 is 1.88 bits per heavy atom. The molecule has 0 saturated carbocycles. The number of ether oxygens (including phenoxy) is 1. The van der Waals surface area contributed by atoms with Crippen LogP contribution in [0.1, 0.15) is 16.3 Å². The fraction of sp³-hybridized carbons (Fsp3) is 0.125. The standard InChI is InChI=1S/C16H13N3O5/c1-10-7-8-12(23-10)15(21)22-9-13(20)17-16-19-18-14(24-16)11-5-3-2-4-6-11/h2-8H,9H2,1H3,(H,17,19,20). The van der Waals surface area contributed by atoms with Crippen molar-refractivity contribution < 1.29 is 23.2 Å². The number of furan rings is 1. The number of nitrogens with one attached hydrogen (secondary N) is 1. The third-order valence-electron chi connectivity index (χ3n) is 2.97. The van der Waals surface area contributed by atoms with E-state index in [1.165, 1.54) is 6.07 Å². The van der Waals surface area contributed by atoms with Gasteiger partial charge in [-0.25, -0.2) is 4.79 Å². The van der Waals surface area contributed by atoms with Crippen LogP contribution in [0.25, 0.3) is 11.5 Å². The van der Waals surface area contributed by atoms with Crippen molar-refractivity contribution in [1.29, 1.82) is 0 Å². The van der Waals surface area contributed by atoms with Gasteiger partial charge in [0.1, 0.15) is 5.76 Å². The lowest BCUT2D eigenvalue weighted by atomic mass is 10.2. The Kier molecular flexibility index (Phi) is 4.37. The van der Waals surface area contributed by atoms with Gasteiger partial charge in [-0.2, -0.15) is 0 Å². The average molecular weight is 327 g/mol. The van der Waals surface area contributed by atoms with E-state index in [1.807, 2.05) is 18.2 Å². The molecule has 0 radical (unpaired) electrons. The number of esters is 1. The smallest absolute Gasteiger partial charge is 0.374 e. The number of rotatable bonds is 5. The van der Waals surface area contributed by atoms with Crippen molar-refractivity contribution >= 4 is 17.9 Å². The molecule has 3 rings (SSSR count). The summed E-state index contributed by atoms with van der Waals surface area (Å²) < 4.78 is 15.3. The van der Waals surface area contributed by atoms with Crippen molar-refractivity contribution in [1.82, 2.24) is 10.2 Å². The molecular formula is C16H13N3O5. The lowest BCUT2D eigenvalue weighted by Crippen LogP contribution is -2.20. The number of carbonyl (C=O) groups excluding carboxylic acids is 2. The van der Waals surface area contributed by atoms with E-state index in [9.17, 15) is 9.59 Å². The second-order valence-electron chi connectivity index (χ2n) is 4.81. The maximum Gasteiger partial charge on any atom is 0.374 e. The zero-order valence-corrected chi connectivity index (χ0v) is 12.7. The molecule has 8 heteroatoms. The van der Waals surface area contributed by atoms with E-state index in [2.05, 4.69) is 15.5 Å². The maximum atomic E-state index is 11.8. The molecule has 0 bridgehead atoms. The molecule has 122 valence electrons. The van der Waals surface area contributed by atoms with Gasteiger partial charge in [-0.3, -0.25) is 10.1 Å². The highest BCUT2D eigenvalue weighted by Crippen LogP contribution is 2.18. The summed E-state index contributed by atoms with van der Waals surface area (Å²) in [6, 6.07) is 12.1. The zero-order chi connectivity index (χ0) is 16.9. The monoisotopic (exact) mass is 327 g/mol. The summed E-state index contributed by atoms with van der Waals surface area (Å²) in [6.45, 7) is 1.20. The first-order chi connectivity index (χ1) is 11.6. The van der Waals surface area contributed by atoms with Gasteiger partial charge in [0.15, 0.2) is 6.61 Å². The van der Waals surface area contributed by atoms with Crippen LogP contribution < -0.4 is 5.32 Å². The van der Waals surface area contributed by atoms with Gasteiger partial charge >= 0.3 is 12.0 Å². The summed E-state index contributed by atoms with van der Waals surface area (Å²) in [5.74, 6) is -0.451. The molecule has 24 heavy (non-hydrogen) atoms. The second-order valence-corrected chi connectivity index (χ2v) is 4.81. The molecule has 0 atom stereocenters. The van der Waals surface area contributed by atoms with Gasteiger partial charge in [0.2, 0.25) is 11.7 Å². The summed E-state index contributed by atoms with van der Waals surface area (Å²) in [7, 11) is 0. The Balaban J connectivity index is 1.54. The molecule has 2 heterocycles. The van der Waals surface area contributed by atoms with Crippen molar-refractivity contribution in [3.8, 4) is 11.5 Å². The van der Waals surface area contributed by atoms with Crippen LogP contribution in [-0.4, -0.2) is 28.7 Å². The van der Waals surface area contributed by atoms with Gasteiger partial charge in [0, 0.05) is 5.56 Å². The fourth-order valence-electron chi connectivity index (χ4n) is 1.87. The minimum Gasteiger partial charge on any atom is -0.454 e. The topological polar surface area (TPSA) is 107 Å². The van der Waals surface area contributed by atoms with Crippen LogP contribution >= 0.6 is 0 Å². The second kappa shape index (κ2) is 6.78. The largest absolute Gasteiger partial charge is 0.454 e. The van der Waals surface area contributed by atoms with Gasteiger partial charge < -0.3 is 13.6 Å². The van der Waals surface area contributed by atoms with Crippen molar-refractivity contribution in [2.45, 2.75) is 6.92 Å². The van der Waals surface area contributed by atoms with Gasteiger partial charge in [-0.1, -0.05) is 23.3 Å². The fourth-order valence-corrected chi connectivity index (χ4v) is 1.87. The van der Waals surface area contributed by atoms with Crippen molar-refractivity contribution in [2.75, 3.05) is 11.9 Å². The Labute approximate surface area is 136 Å². The molecule has 1 N–H and O–H groups in total. The van der Waals surface area contributed by atoms with Gasteiger partial charge in [-0.15, -0.1) is 5.10 Å². The van der Waals surface area contributed by atoms with Crippen LogP contribution in [-0.2, 0) is 9.53 Å². The van der Waals surface area contributed by atoms with E-state index in [0.29, 0.717) is 5.76 Å². The van der Waals surface area contributed by atoms with Crippen LogP contribution in [0.5, 0.6) is 0 Å². The summed E-state index contributed by atoms with van der Waals surface area (Å²) in [6.07, 6.45) is 0. The predicted octanol–water partition coefficient (Wildman–Crippen LogP) is 2.43. The summed E-state index contributed by atoms with van der Waals surface area (Å²) in [4.78, 5) is 23.4. The van der Waals surface area contributed by atoms with Crippen LogP contribution in [0.15, 0.2) is 51.3 Å². The summed E-state index contributed by atoms with van der Waals surface area (Å²) in [5, 5.41) is 9.90. The van der Waals surface area contributed by atoms with E-state index in [-0.39, 0.29) is 17.7 Å². The average Bonchev–Trinajstić information content (AvgIpc) is 3.23. The molecule has 0 aliphatic rings. The van der Waals surface area contributed by atoms with E-state index >= 15 is 0 Å².